The SMILES string of the molecule is CCCC1(O)CN(CC(=O)NC(C)c2ccccc2C)C1. The summed E-state index contributed by atoms with van der Waals surface area (Å²) in [6.07, 6.45) is 1.78. The molecule has 1 aromatic carbocycles. The molecule has 1 aromatic rings. The van der Waals surface area contributed by atoms with Crippen LogP contribution >= 0.6 is 0 Å². The molecule has 0 aromatic heterocycles. The Morgan fingerprint density at radius 1 is 1.43 bits per heavy atom. The Morgan fingerprint density at radius 2 is 2.10 bits per heavy atom. The van der Waals surface area contributed by atoms with Crippen LogP contribution in [0.25, 0.3) is 0 Å². The van der Waals surface area contributed by atoms with Crippen LogP contribution in [0, 0.1) is 6.92 Å². The molecule has 2 N–H and O–H groups in total. The maximum absolute atomic E-state index is 12.1. The highest BCUT2D eigenvalue weighted by Gasteiger charge is 2.40. The quantitative estimate of drug-likeness (QED) is 0.843. The van der Waals surface area contributed by atoms with Crippen molar-refractivity contribution < 1.29 is 9.90 Å². The minimum absolute atomic E-state index is 0.00880. The van der Waals surface area contributed by atoms with E-state index in [2.05, 4.69) is 25.2 Å². The van der Waals surface area contributed by atoms with Crippen molar-refractivity contribution >= 4 is 5.91 Å². The van der Waals surface area contributed by atoms with Crippen LogP contribution in [0.2, 0.25) is 0 Å². The molecule has 1 atom stereocenters. The van der Waals surface area contributed by atoms with Crippen LogP contribution in [-0.2, 0) is 4.79 Å². The van der Waals surface area contributed by atoms with Gasteiger partial charge >= 0.3 is 0 Å². The number of nitrogens with zero attached hydrogens (tertiary/aromatic N) is 1. The molecule has 1 saturated heterocycles. The van der Waals surface area contributed by atoms with Gasteiger partial charge in [0.25, 0.3) is 0 Å². The maximum Gasteiger partial charge on any atom is 0.234 e. The van der Waals surface area contributed by atoms with E-state index < -0.39 is 5.60 Å². The highest BCUT2D eigenvalue weighted by atomic mass is 16.3. The summed E-state index contributed by atoms with van der Waals surface area (Å²) in [5.41, 5.74) is 1.76. The van der Waals surface area contributed by atoms with Crippen molar-refractivity contribution in [2.24, 2.45) is 0 Å². The zero-order chi connectivity index (χ0) is 15.5. The van der Waals surface area contributed by atoms with E-state index in [9.17, 15) is 9.90 Å². The predicted molar refractivity (Wildman–Crippen MR) is 84.0 cm³/mol. The Morgan fingerprint density at radius 3 is 2.71 bits per heavy atom. The molecule has 0 bridgehead atoms. The first-order chi connectivity index (χ1) is 9.93. The molecule has 4 nitrogen and oxygen atoms in total. The molecular weight excluding hydrogens is 264 g/mol. The minimum Gasteiger partial charge on any atom is -0.387 e. The van der Waals surface area contributed by atoms with Crippen LogP contribution in [0.3, 0.4) is 0 Å². The molecule has 0 spiro atoms. The first kappa shape index (κ1) is 16.0. The maximum atomic E-state index is 12.1. The molecule has 1 amide bonds. The molecule has 2 rings (SSSR count). The summed E-state index contributed by atoms with van der Waals surface area (Å²) in [5.74, 6) is 0.0179. The zero-order valence-electron chi connectivity index (χ0n) is 13.2. The summed E-state index contributed by atoms with van der Waals surface area (Å²) >= 11 is 0. The van der Waals surface area contributed by atoms with E-state index in [1.165, 1.54) is 5.56 Å². The van der Waals surface area contributed by atoms with E-state index in [4.69, 9.17) is 0 Å². The average Bonchev–Trinajstić information content (AvgIpc) is 2.37. The second kappa shape index (κ2) is 6.58. The molecule has 1 unspecified atom stereocenters. The van der Waals surface area contributed by atoms with Gasteiger partial charge in [-0.3, -0.25) is 9.69 Å². The van der Waals surface area contributed by atoms with Crippen LogP contribution < -0.4 is 5.32 Å². The zero-order valence-corrected chi connectivity index (χ0v) is 13.2. The highest BCUT2D eigenvalue weighted by molar-refractivity contribution is 5.78. The Kier molecular flexibility index (Phi) is 5.01. The number of β-amino-alcohol motifs (C(OH)–C–C–N with tert-alkyl or cyclic N) is 1. The number of nitrogens with one attached hydrogen (secondary N) is 1. The van der Waals surface area contributed by atoms with Gasteiger partial charge < -0.3 is 10.4 Å². The topological polar surface area (TPSA) is 52.6 Å². The summed E-state index contributed by atoms with van der Waals surface area (Å²) in [7, 11) is 0. The number of amides is 1. The van der Waals surface area contributed by atoms with Gasteiger partial charge in [0, 0.05) is 13.1 Å². The summed E-state index contributed by atoms with van der Waals surface area (Å²) in [4.78, 5) is 14.1. The normalized spacial score (nSPS) is 18.9. The van der Waals surface area contributed by atoms with Crippen LogP contribution in [0.1, 0.15) is 43.9 Å². The molecular formula is C17H26N2O2. The van der Waals surface area contributed by atoms with Gasteiger partial charge in [0.2, 0.25) is 5.91 Å². The molecule has 4 heteroatoms. The van der Waals surface area contributed by atoms with Crippen molar-refractivity contribution in [2.45, 2.75) is 45.3 Å². The lowest BCUT2D eigenvalue weighted by atomic mass is 9.89. The number of carbonyl (C=O) groups excluding carboxylic acids is 1. The Labute approximate surface area is 127 Å². The van der Waals surface area contributed by atoms with Crippen molar-refractivity contribution in [2.75, 3.05) is 19.6 Å². The standard InChI is InChI=1S/C17H26N2O2/c1-4-9-17(21)11-19(12-17)10-16(20)18-14(3)15-8-6-5-7-13(15)2/h5-8,14,21H,4,9-12H2,1-3H3,(H,18,20). The summed E-state index contributed by atoms with van der Waals surface area (Å²) in [6.45, 7) is 7.70. The van der Waals surface area contributed by atoms with Gasteiger partial charge in [-0.25, -0.2) is 0 Å². The van der Waals surface area contributed by atoms with Gasteiger partial charge in [0.05, 0.1) is 18.2 Å². The fourth-order valence-electron chi connectivity index (χ4n) is 3.16. The monoisotopic (exact) mass is 290 g/mol. The second-order valence-corrected chi connectivity index (χ2v) is 6.27. The van der Waals surface area contributed by atoms with E-state index in [1.54, 1.807) is 0 Å². The van der Waals surface area contributed by atoms with Crippen molar-refractivity contribution in [1.29, 1.82) is 0 Å². The second-order valence-electron chi connectivity index (χ2n) is 6.27. The summed E-state index contributed by atoms with van der Waals surface area (Å²) in [5, 5.41) is 13.1. The Hall–Kier alpha value is -1.39. The minimum atomic E-state index is -0.573. The molecule has 0 saturated carbocycles. The van der Waals surface area contributed by atoms with E-state index in [1.807, 2.05) is 30.0 Å². The van der Waals surface area contributed by atoms with Gasteiger partial charge in [-0.05, 0) is 31.4 Å². The largest absolute Gasteiger partial charge is 0.387 e. The third-order valence-corrected chi connectivity index (χ3v) is 4.15. The lowest BCUT2D eigenvalue weighted by Gasteiger charge is -2.46. The number of likely N-dealkylation sites (tertiary alicyclic amines) is 1. The van der Waals surface area contributed by atoms with Crippen LogP contribution in [0.5, 0.6) is 0 Å². The molecule has 0 radical (unpaired) electrons. The highest BCUT2D eigenvalue weighted by Crippen LogP contribution is 2.25. The summed E-state index contributed by atoms with van der Waals surface area (Å²) < 4.78 is 0. The van der Waals surface area contributed by atoms with Gasteiger partial charge in [-0.15, -0.1) is 0 Å². The third kappa shape index (κ3) is 4.05. The lowest BCUT2D eigenvalue weighted by molar-refractivity contribution is -0.134. The van der Waals surface area contributed by atoms with Crippen LogP contribution in [0.15, 0.2) is 24.3 Å². The fourth-order valence-corrected chi connectivity index (χ4v) is 3.16. The molecule has 116 valence electrons. The average molecular weight is 290 g/mol. The molecule has 1 heterocycles. The number of aryl methyl sites for hydroxylation is 1. The van der Waals surface area contributed by atoms with Gasteiger partial charge in [0.1, 0.15) is 0 Å². The molecule has 1 aliphatic rings. The predicted octanol–water partition coefficient (Wildman–Crippen LogP) is 2.02. The van der Waals surface area contributed by atoms with Crippen molar-refractivity contribution in [3.05, 3.63) is 35.4 Å². The number of hydrogen-bond donors (Lipinski definition) is 2. The smallest absolute Gasteiger partial charge is 0.234 e. The molecule has 1 fully saturated rings. The number of carbonyl (C=O) groups is 1. The fraction of sp³-hybridized carbons (Fsp3) is 0.588. The van der Waals surface area contributed by atoms with Crippen molar-refractivity contribution in [1.82, 2.24) is 10.2 Å². The van der Waals surface area contributed by atoms with E-state index in [-0.39, 0.29) is 11.9 Å². The van der Waals surface area contributed by atoms with Crippen LogP contribution in [-0.4, -0.2) is 41.1 Å². The number of aliphatic hydroxyl groups is 1. The third-order valence-electron chi connectivity index (χ3n) is 4.15. The van der Waals surface area contributed by atoms with Crippen molar-refractivity contribution in [3.63, 3.8) is 0 Å². The van der Waals surface area contributed by atoms with E-state index >= 15 is 0 Å². The van der Waals surface area contributed by atoms with Gasteiger partial charge in [0.15, 0.2) is 0 Å². The Balaban J connectivity index is 1.80. The van der Waals surface area contributed by atoms with Crippen molar-refractivity contribution in [3.8, 4) is 0 Å². The lowest BCUT2D eigenvalue weighted by Crippen LogP contribution is -2.63. The molecule has 21 heavy (non-hydrogen) atoms. The summed E-state index contributed by atoms with van der Waals surface area (Å²) in [6, 6.07) is 8.10. The first-order valence-electron chi connectivity index (χ1n) is 7.73. The van der Waals surface area contributed by atoms with Gasteiger partial charge in [-0.1, -0.05) is 37.6 Å². The van der Waals surface area contributed by atoms with Crippen LogP contribution in [0.4, 0.5) is 0 Å². The van der Waals surface area contributed by atoms with E-state index in [0.717, 1.165) is 18.4 Å². The van der Waals surface area contributed by atoms with Gasteiger partial charge in [-0.2, -0.15) is 0 Å². The first-order valence-corrected chi connectivity index (χ1v) is 7.73. The van der Waals surface area contributed by atoms with E-state index in [0.29, 0.717) is 19.6 Å². The number of hydrogen-bond acceptors (Lipinski definition) is 3. The molecule has 0 aliphatic carbocycles. The number of rotatable bonds is 6. The molecule has 1 aliphatic heterocycles. The number of benzene rings is 1. The Bertz CT molecular complexity index is 495.